The van der Waals surface area contributed by atoms with Gasteiger partial charge >= 0.3 is 0 Å². The molecule has 5 heteroatoms. The van der Waals surface area contributed by atoms with Crippen molar-refractivity contribution in [2.24, 2.45) is 5.92 Å². The molecule has 0 aromatic heterocycles. The molecule has 1 saturated heterocycles. The minimum atomic E-state index is 0. The molecule has 1 rings (SSSR count). The Hall–Kier alpha value is -0.320. The molecule has 4 nitrogen and oxygen atoms in total. The number of carbonyl (C=O) groups is 1. The number of halogens is 1. The zero-order chi connectivity index (χ0) is 12.5. The number of piperidine rings is 1. The van der Waals surface area contributed by atoms with Crippen LogP contribution < -0.4 is 10.6 Å². The fourth-order valence-corrected chi connectivity index (χ4v) is 2.11. The maximum atomic E-state index is 11.8. The van der Waals surface area contributed by atoms with Crippen molar-refractivity contribution in [2.45, 2.75) is 45.6 Å². The molecule has 0 aromatic rings. The van der Waals surface area contributed by atoms with E-state index >= 15 is 0 Å². The lowest BCUT2D eigenvalue weighted by Gasteiger charge is -2.27. The van der Waals surface area contributed by atoms with Crippen molar-refractivity contribution in [1.82, 2.24) is 10.6 Å². The average Bonchev–Trinajstić information content (AvgIpc) is 2.33. The summed E-state index contributed by atoms with van der Waals surface area (Å²) >= 11 is 0. The van der Waals surface area contributed by atoms with Gasteiger partial charge in [-0.05, 0) is 32.7 Å². The molecule has 108 valence electrons. The van der Waals surface area contributed by atoms with E-state index in [2.05, 4.69) is 24.5 Å². The van der Waals surface area contributed by atoms with Crippen LogP contribution >= 0.6 is 12.4 Å². The summed E-state index contributed by atoms with van der Waals surface area (Å²) in [7, 11) is 0. The Kier molecular flexibility index (Phi) is 10.4. The fraction of sp³-hybridized carbons (Fsp3) is 0.923. The van der Waals surface area contributed by atoms with Gasteiger partial charge in [-0.15, -0.1) is 12.4 Å². The van der Waals surface area contributed by atoms with Gasteiger partial charge in [0, 0.05) is 25.1 Å². The molecule has 0 saturated carbocycles. The van der Waals surface area contributed by atoms with Crippen LogP contribution in [0, 0.1) is 5.92 Å². The summed E-state index contributed by atoms with van der Waals surface area (Å²) in [5, 5.41) is 6.31. The van der Waals surface area contributed by atoms with E-state index in [9.17, 15) is 4.79 Å². The minimum absolute atomic E-state index is 0. The van der Waals surface area contributed by atoms with Gasteiger partial charge in [-0.25, -0.2) is 0 Å². The molecule has 0 aliphatic carbocycles. The molecule has 0 radical (unpaired) electrons. The molecule has 1 aliphatic rings. The van der Waals surface area contributed by atoms with E-state index in [-0.39, 0.29) is 24.2 Å². The summed E-state index contributed by atoms with van der Waals surface area (Å²) < 4.78 is 5.41. The normalized spacial score (nSPS) is 23.2. The molecular weight excluding hydrogens is 252 g/mol. The van der Waals surface area contributed by atoms with E-state index in [4.69, 9.17) is 4.74 Å². The van der Waals surface area contributed by atoms with Crippen LogP contribution in [0.1, 0.15) is 39.5 Å². The molecule has 1 heterocycles. The number of ether oxygens (including phenoxy) is 1. The number of rotatable bonds is 7. The molecule has 2 N–H and O–H groups in total. The Labute approximate surface area is 117 Å². The molecule has 0 aromatic carbocycles. The van der Waals surface area contributed by atoms with E-state index in [1.807, 2.05) is 0 Å². The van der Waals surface area contributed by atoms with Crippen molar-refractivity contribution in [3.63, 3.8) is 0 Å². The first kappa shape index (κ1) is 17.7. The predicted molar refractivity (Wildman–Crippen MR) is 76.2 cm³/mol. The standard InChI is InChI=1S/C13H26N2O2.ClH/c1-3-4-8-17-9-7-15-13(16)12-5-6-14-11(2)10-12;/h11-12,14H,3-10H2,1-2H3,(H,15,16);1H/t11-,12-;/m0./s1. The SMILES string of the molecule is CCCCOCCNC(=O)[C@H]1CCN[C@@H](C)C1.Cl. The maximum Gasteiger partial charge on any atom is 0.223 e. The number of hydrogen-bond donors (Lipinski definition) is 2. The lowest BCUT2D eigenvalue weighted by Crippen LogP contribution is -2.43. The van der Waals surface area contributed by atoms with Crippen molar-refractivity contribution in [3.05, 3.63) is 0 Å². The van der Waals surface area contributed by atoms with Gasteiger partial charge in [0.25, 0.3) is 0 Å². The van der Waals surface area contributed by atoms with Gasteiger partial charge in [-0.2, -0.15) is 0 Å². The van der Waals surface area contributed by atoms with E-state index < -0.39 is 0 Å². The highest BCUT2D eigenvalue weighted by Gasteiger charge is 2.24. The summed E-state index contributed by atoms with van der Waals surface area (Å²) in [6.45, 7) is 7.30. The number of unbranched alkanes of at least 4 members (excludes halogenated alkanes) is 1. The highest BCUT2D eigenvalue weighted by molar-refractivity contribution is 5.85. The quantitative estimate of drug-likeness (QED) is 0.698. The zero-order valence-corrected chi connectivity index (χ0v) is 12.4. The van der Waals surface area contributed by atoms with E-state index in [0.717, 1.165) is 38.8 Å². The number of carbonyl (C=O) groups excluding carboxylic acids is 1. The third-order valence-corrected chi connectivity index (χ3v) is 3.18. The first-order valence-electron chi connectivity index (χ1n) is 6.83. The third kappa shape index (κ3) is 7.19. The Bertz CT molecular complexity index is 227. The third-order valence-electron chi connectivity index (χ3n) is 3.18. The van der Waals surface area contributed by atoms with Crippen LogP contribution in [-0.4, -0.2) is 38.3 Å². The number of nitrogens with one attached hydrogen (secondary N) is 2. The molecule has 1 fully saturated rings. The van der Waals surface area contributed by atoms with Crippen molar-refractivity contribution in [1.29, 1.82) is 0 Å². The number of amides is 1. The van der Waals surface area contributed by atoms with Gasteiger partial charge in [0.1, 0.15) is 0 Å². The molecule has 0 spiro atoms. The van der Waals surface area contributed by atoms with Crippen molar-refractivity contribution < 1.29 is 9.53 Å². The van der Waals surface area contributed by atoms with Gasteiger partial charge in [0.05, 0.1) is 6.61 Å². The van der Waals surface area contributed by atoms with Gasteiger partial charge in [-0.3, -0.25) is 4.79 Å². The van der Waals surface area contributed by atoms with Gasteiger partial charge in [0.15, 0.2) is 0 Å². The highest BCUT2D eigenvalue weighted by Crippen LogP contribution is 2.15. The average molecular weight is 279 g/mol. The topological polar surface area (TPSA) is 50.4 Å². The lowest BCUT2D eigenvalue weighted by molar-refractivity contribution is -0.126. The van der Waals surface area contributed by atoms with E-state index in [0.29, 0.717) is 19.2 Å². The minimum Gasteiger partial charge on any atom is -0.380 e. The van der Waals surface area contributed by atoms with Crippen molar-refractivity contribution in [2.75, 3.05) is 26.3 Å². The van der Waals surface area contributed by atoms with Crippen LogP contribution in [0.2, 0.25) is 0 Å². The van der Waals surface area contributed by atoms with Crippen LogP contribution in [0.25, 0.3) is 0 Å². The van der Waals surface area contributed by atoms with Crippen molar-refractivity contribution in [3.8, 4) is 0 Å². The molecule has 0 unspecified atom stereocenters. The second-order valence-corrected chi connectivity index (χ2v) is 4.83. The zero-order valence-electron chi connectivity index (χ0n) is 11.5. The maximum absolute atomic E-state index is 11.8. The summed E-state index contributed by atoms with van der Waals surface area (Å²) in [5.41, 5.74) is 0. The Balaban J connectivity index is 0.00000289. The highest BCUT2D eigenvalue weighted by atomic mass is 35.5. The van der Waals surface area contributed by atoms with Crippen LogP contribution in [0.15, 0.2) is 0 Å². The molecule has 2 atom stereocenters. The Morgan fingerprint density at radius 1 is 1.44 bits per heavy atom. The lowest BCUT2D eigenvalue weighted by atomic mass is 9.92. The summed E-state index contributed by atoms with van der Waals surface area (Å²) in [6.07, 6.45) is 4.15. The van der Waals surface area contributed by atoms with Gasteiger partial charge in [0.2, 0.25) is 5.91 Å². The summed E-state index contributed by atoms with van der Waals surface area (Å²) in [6, 6.07) is 0.459. The van der Waals surface area contributed by atoms with E-state index in [1.165, 1.54) is 0 Å². The second kappa shape index (κ2) is 10.6. The Morgan fingerprint density at radius 2 is 2.22 bits per heavy atom. The van der Waals surface area contributed by atoms with Crippen LogP contribution in [0.4, 0.5) is 0 Å². The first-order valence-corrected chi connectivity index (χ1v) is 6.83. The van der Waals surface area contributed by atoms with Crippen LogP contribution in [0.3, 0.4) is 0 Å². The molecule has 0 bridgehead atoms. The van der Waals surface area contributed by atoms with E-state index in [1.54, 1.807) is 0 Å². The largest absolute Gasteiger partial charge is 0.380 e. The summed E-state index contributed by atoms with van der Waals surface area (Å²) in [4.78, 5) is 11.8. The fourth-order valence-electron chi connectivity index (χ4n) is 2.11. The van der Waals surface area contributed by atoms with Crippen LogP contribution in [-0.2, 0) is 9.53 Å². The molecule has 18 heavy (non-hydrogen) atoms. The van der Waals surface area contributed by atoms with Gasteiger partial charge < -0.3 is 15.4 Å². The van der Waals surface area contributed by atoms with Crippen molar-refractivity contribution >= 4 is 18.3 Å². The second-order valence-electron chi connectivity index (χ2n) is 4.83. The predicted octanol–water partition coefficient (Wildman–Crippen LogP) is 1.73. The Morgan fingerprint density at radius 3 is 2.89 bits per heavy atom. The summed E-state index contributed by atoms with van der Waals surface area (Å²) in [5.74, 6) is 0.374. The molecule has 1 aliphatic heterocycles. The number of hydrogen-bond acceptors (Lipinski definition) is 3. The first-order chi connectivity index (χ1) is 8.24. The molecular formula is C13H27ClN2O2. The van der Waals surface area contributed by atoms with Crippen LogP contribution in [0.5, 0.6) is 0 Å². The smallest absolute Gasteiger partial charge is 0.223 e. The van der Waals surface area contributed by atoms with Gasteiger partial charge in [-0.1, -0.05) is 13.3 Å². The molecule has 1 amide bonds. The monoisotopic (exact) mass is 278 g/mol.